The van der Waals surface area contributed by atoms with E-state index in [-0.39, 0.29) is 12.2 Å². The number of hydrogen-bond donors (Lipinski definition) is 0. The summed E-state index contributed by atoms with van der Waals surface area (Å²) in [5, 5.41) is 11.9. The van der Waals surface area contributed by atoms with Gasteiger partial charge in [-0.2, -0.15) is 0 Å². The van der Waals surface area contributed by atoms with Crippen molar-refractivity contribution in [2.45, 2.75) is 25.9 Å². The Morgan fingerprint density at radius 1 is 1.35 bits per heavy atom. The van der Waals surface area contributed by atoms with E-state index in [1.54, 1.807) is 12.1 Å². The molecule has 0 fully saturated rings. The molecule has 1 heterocycles. The molecule has 2 aromatic rings. The van der Waals surface area contributed by atoms with Crippen LogP contribution in [0.15, 0.2) is 28.0 Å². The highest BCUT2D eigenvalue weighted by Gasteiger charge is 2.21. The predicted octanol–water partition coefficient (Wildman–Crippen LogP) is 3.12. The minimum absolute atomic E-state index is 0.0321. The van der Waals surface area contributed by atoms with Gasteiger partial charge in [-0.1, -0.05) is 28.0 Å². The molecule has 3 rings (SSSR count). The Kier molecular flexibility index (Phi) is 3.64. The number of aromatic nitrogens is 2. The summed E-state index contributed by atoms with van der Waals surface area (Å²) in [6.45, 7) is -0.0321. The molecule has 0 aliphatic heterocycles. The molecule has 0 unspecified atom stereocenters. The van der Waals surface area contributed by atoms with Crippen LogP contribution in [0.1, 0.15) is 29.8 Å². The molecule has 7 heteroatoms. The topological polar surface area (TPSA) is 60.5 Å². The molecule has 0 atom stereocenters. The molecule has 0 amide bonds. The highest BCUT2D eigenvalue weighted by Crippen LogP contribution is 2.21. The normalized spacial score (nSPS) is 16.2. The van der Waals surface area contributed by atoms with Crippen LogP contribution in [0.2, 0.25) is 5.02 Å². The number of rotatable bonds is 3. The summed E-state index contributed by atoms with van der Waals surface area (Å²) in [5.41, 5.74) is 2.35. The Bertz CT molecular complexity index is 637. The zero-order valence-corrected chi connectivity index (χ0v) is 11.2. The fourth-order valence-corrected chi connectivity index (χ4v) is 2.28. The van der Waals surface area contributed by atoms with E-state index < -0.39 is 5.82 Å². The molecule has 0 bridgehead atoms. The van der Waals surface area contributed by atoms with Crippen LogP contribution in [0.4, 0.5) is 4.39 Å². The average molecular weight is 296 g/mol. The highest BCUT2D eigenvalue weighted by atomic mass is 35.5. The molecule has 0 N–H and O–H groups in total. The quantitative estimate of drug-likeness (QED) is 0.816. The third kappa shape index (κ3) is 2.51. The first-order valence-electron chi connectivity index (χ1n) is 6.19. The van der Waals surface area contributed by atoms with Crippen LogP contribution in [-0.4, -0.2) is 16.0 Å². The SMILES string of the molecule is Fc1cccc(Cl)c1CO/N=C1\CCCc2nonc21. The lowest BCUT2D eigenvalue weighted by atomic mass is 9.99. The molecule has 1 aromatic carbocycles. The first kappa shape index (κ1) is 13.1. The van der Waals surface area contributed by atoms with E-state index in [1.165, 1.54) is 6.07 Å². The molecule has 0 spiro atoms. The summed E-state index contributed by atoms with van der Waals surface area (Å²) in [6.07, 6.45) is 2.45. The molecular weight excluding hydrogens is 285 g/mol. The largest absolute Gasteiger partial charge is 0.390 e. The first-order valence-corrected chi connectivity index (χ1v) is 6.57. The van der Waals surface area contributed by atoms with Gasteiger partial charge in [0.1, 0.15) is 23.8 Å². The molecule has 1 aliphatic carbocycles. The highest BCUT2D eigenvalue weighted by molar-refractivity contribution is 6.31. The van der Waals surface area contributed by atoms with Gasteiger partial charge in [0.15, 0.2) is 5.69 Å². The summed E-state index contributed by atoms with van der Waals surface area (Å²) in [4.78, 5) is 5.20. The Labute approximate surface area is 119 Å². The maximum atomic E-state index is 13.6. The van der Waals surface area contributed by atoms with Gasteiger partial charge in [0.2, 0.25) is 0 Å². The monoisotopic (exact) mass is 295 g/mol. The summed E-state index contributed by atoms with van der Waals surface area (Å²) in [5.74, 6) is -0.412. The number of halogens is 2. The number of nitrogens with zero attached hydrogens (tertiary/aromatic N) is 3. The van der Waals surface area contributed by atoms with Gasteiger partial charge < -0.3 is 4.84 Å². The fraction of sp³-hybridized carbons (Fsp3) is 0.308. The van der Waals surface area contributed by atoms with E-state index >= 15 is 0 Å². The average Bonchev–Trinajstić information content (AvgIpc) is 2.91. The minimum Gasteiger partial charge on any atom is -0.390 e. The van der Waals surface area contributed by atoms with Crippen LogP contribution < -0.4 is 0 Å². The van der Waals surface area contributed by atoms with Gasteiger partial charge in [0.25, 0.3) is 0 Å². The summed E-state index contributed by atoms with van der Waals surface area (Å²) in [7, 11) is 0. The van der Waals surface area contributed by atoms with Crippen molar-refractivity contribution < 1.29 is 13.9 Å². The molecule has 1 aliphatic rings. The number of benzene rings is 1. The van der Waals surface area contributed by atoms with Gasteiger partial charge in [-0.25, -0.2) is 9.02 Å². The van der Waals surface area contributed by atoms with Gasteiger partial charge in [0.05, 0.1) is 5.02 Å². The van der Waals surface area contributed by atoms with E-state index in [1.807, 2.05) is 0 Å². The van der Waals surface area contributed by atoms with Crippen LogP contribution >= 0.6 is 11.6 Å². The summed E-state index contributed by atoms with van der Waals surface area (Å²) < 4.78 is 18.2. The van der Waals surface area contributed by atoms with E-state index in [9.17, 15) is 4.39 Å². The van der Waals surface area contributed by atoms with E-state index in [2.05, 4.69) is 20.1 Å². The van der Waals surface area contributed by atoms with Gasteiger partial charge in [-0.15, -0.1) is 0 Å². The Balaban J connectivity index is 1.73. The summed E-state index contributed by atoms with van der Waals surface area (Å²) >= 11 is 5.91. The molecular formula is C13H11ClFN3O2. The smallest absolute Gasteiger partial charge is 0.155 e. The third-order valence-corrected chi connectivity index (χ3v) is 3.46. The van der Waals surface area contributed by atoms with Crippen molar-refractivity contribution in [3.63, 3.8) is 0 Å². The van der Waals surface area contributed by atoms with Crippen LogP contribution in [0.3, 0.4) is 0 Å². The third-order valence-electron chi connectivity index (χ3n) is 3.10. The number of oxime groups is 1. The first-order chi connectivity index (χ1) is 9.75. The zero-order valence-electron chi connectivity index (χ0n) is 10.5. The standard InChI is InChI=1S/C13H11ClFN3O2/c14-9-3-1-4-10(15)8(9)7-19-16-11-5-2-6-12-13(11)18-20-17-12/h1,3-4H,2,5-7H2/b16-11+. The van der Waals surface area contributed by atoms with Gasteiger partial charge in [0, 0.05) is 5.56 Å². The second-order valence-electron chi connectivity index (χ2n) is 4.42. The fourth-order valence-electron chi connectivity index (χ4n) is 2.07. The van der Waals surface area contributed by atoms with Gasteiger partial charge >= 0.3 is 0 Å². The molecule has 1 aromatic heterocycles. The molecule has 5 nitrogen and oxygen atoms in total. The van der Waals surface area contributed by atoms with Crippen molar-refractivity contribution in [1.29, 1.82) is 0 Å². The molecule has 0 saturated heterocycles. The van der Waals surface area contributed by atoms with Crippen molar-refractivity contribution >= 4 is 17.3 Å². The van der Waals surface area contributed by atoms with E-state index in [0.717, 1.165) is 25.0 Å². The number of hydrogen-bond acceptors (Lipinski definition) is 5. The van der Waals surface area contributed by atoms with Crippen molar-refractivity contribution in [2.75, 3.05) is 0 Å². The molecule has 104 valence electrons. The van der Waals surface area contributed by atoms with Gasteiger partial charge in [-0.3, -0.25) is 0 Å². The minimum atomic E-state index is -0.412. The number of fused-ring (bicyclic) bond motifs is 1. The van der Waals surface area contributed by atoms with Crippen LogP contribution in [0, 0.1) is 5.82 Å². The second-order valence-corrected chi connectivity index (χ2v) is 4.83. The van der Waals surface area contributed by atoms with Crippen molar-refractivity contribution in [3.8, 4) is 0 Å². The Morgan fingerprint density at radius 2 is 2.25 bits per heavy atom. The summed E-state index contributed by atoms with van der Waals surface area (Å²) in [6, 6.07) is 4.48. The lowest BCUT2D eigenvalue weighted by molar-refractivity contribution is 0.127. The molecule has 0 radical (unpaired) electrons. The van der Waals surface area contributed by atoms with Crippen molar-refractivity contribution in [1.82, 2.24) is 10.3 Å². The number of aryl methyl sites for hydroxylation is 1. The second kappa shape index (κ2) is 5.58. The predicted molar refractivity (Wildman–Crippen MR) is 70.0 cm³/mol. The lowest BCUT2D eigenvalue weighted by Crippen LogP contribution is -2.12. The molecule has 20 heavy (non-hydrogen) atoms. The molecule has 0 saturated carbocycles. The van der Waals surface area contributed by atoms with Crippen molar-refractivity contribution in [3.05, 3.63) is 46.0 Å². The Hall–Kier alpha value is -1.95. The maximum absolute atomic E-state index is 13.6. The van der Waals surface area contributed by atoms with Crippen LogP contribution in [0.5, 0.6) is 0 Å². The zero-order chi connectivity index (χ0) is 13.9. The van der Waals surface area contributed by atoms with Crippen molar-refractivity contribution in [2.24, 2.45) is 5.16 Å². The Morgan fingerprint density at radius 3 is 3.10 bits per heavy atom. The van der Waals surface area contributed by atoms with E-state index in [0.29, 0.717) is 16.4 Å². The van der Waals surface area contributed by atoms with E-state index in [4.69, 9.17) is 16.4 Å². The van der Waals surface area contributed by atoms with Crippen LogP contribution in [0.25, 0.3) is 0 Å². The van der Waals surface area contributed by atoms with Gasteiger partial charge in [-0.05, 0) is 36.6 Å². The lowest BCUT2D eigenvalue weighted by Gasteiger charge is -2.10. The maximum Gasteiger partial charge on any atom is 0.155 e. The van der Waals surface area contributed by atoms with Crippen LogP contribution in [-0.2, 0) is 17.9 Å².